The van der Waals surface area contributed by atoms with Gasteiger partial charge in [-0.15, -0.1) is 0 Å². The molecule has 1 saturated carbocycles. The average molecular weight is 218 g/mol. The molecule has 1 aromatic carbocycles. The SMILES string of the molecule is NC(CNCCCC1CC1)c1ccccc1. The fourth-order valence-electron chi connectivity index (χ4n) is 2.00. The fraction of sp³-hybridized carbons (Fsp3) is 0.571. The Labute approximate surface area is 98.2 Å². The maximum atomic E-state index is 6.09. The predicted molar refractivity (Wildman–Crippen MR) is 68.2 cm³/mol. The molecule has 0 bridgehead atoms. The molecule has 3 N–H and O–H groups in total. The standard InChI is InChI=1S/C14H22N2/c15-14(13-6-2-1-3-7-13)11-16-10-4-5-12-8-9-12/h1-3,6-7,12,14,16H,4-5,8-11,15H2. The molecule has 1 unspecified atom stereocenters. The van der Waals surface area contributed by atoms with E-state index < -0.39 is 0 Å². The van der Waals surface area contributed by atoms with E-state index in [1.54, 1.807) is 0 Å². The first-order chi connectivity index (χ1) is 7.86. The van der Waals surface area contributed by atoms with Gasteiger partial charge in [0.25, 0.3) is 0 Å². The van der Waals surface area contributed by atoms with E-state index in [1.165, 1.54) is 31.2 Å². The van der Waals surface area contributed by atoms with Gasteiger partial charge in [-0.2, -0.15) is 0 Å². The molecule has 2 heteroatoms. The maximum Gasteiger partial charge on any atom is 0.0421 e. The lowest BCUT2D eigenvalue weighted by molar-refractivity contribution is 0.556. The van der Waals surface area contributed by atoms with Crippen LogP contribution in [0.25, 0.3) is 0 Å². The Morgan fingerprint density at radius 3 is 2.69 bits per heavy atom. The highest BCUT2D eigenvalue weighted by Crippen LogP contribution is 2.33. The molecule has 0 radical (unpaired) electrons. The number of hydrogen-bond acceptors (Lipinski definition) is 2. The fourth-order valence-corrected chi connectivity index (χ4v) is 2.00. The van der Waals surface area contributed by atoms with E-state index in [1.807, 2.05) is 18.2 Å². The predicted octanol–water partition coefficient (Wildman–Crippen LogP) is 2.47. The molecule has 0 spiro atoms. The van der Waals surface area contributed by atoms with Crippen molar-refractivity contribution in [2.45, 2.75) is 31.7 Å². The van der Waals surface area contributed by atoms with Crippen molar-refractivity contribution in [2.75, 3.05) is 13.1 Å². The molecular weight excluding hydrogens is 196 g/mol. The smallest absolute Gasteiger partial charge is 0.0421 e. The molecule has 2 rings (SSSR count). The Hall–Kier alpha value is -0.860. The van der Waals surface area contributed by atoms with Crippen LogP contribution in [0, 0.1) is 5.92 Å². The van der Waals surface area contributed by atoms with E-state index in [0.717, 1.165) is 19.0 Å². The first-order valence-corrected chi connectivity index (χ1v) is 6.37. The van der Waals surface area contributed by atoms with Crippen molar-refractivity contribution in [3.05, 3.63) is 35.9 Å². The Morgan fingerprint density at radius 1 is 1.25 bits per heavy atom. The van der Waals surface area contributed by atoms with E-state index in [2.05, 4.69) is 17.4 Å². The summed E-state index contributed by atoms with van der Waals surface area (Å²) in [5.74, 6) is 1.05. The normalized spacial score (nSPS) is 17.3. The Morgan fingerprint density at radius 2 is 2.00 bits per heavy atom. The molecule has 0 aromatic heterocycles. The lowest BCUT2D eigenvalue weighted by atomic mass is 10.1. The van der Waals surface area contributed by atoms with Gasteiger partial charge in [0.1, 0.15) is 0 Å². The highest BCUT2D eigenvalue weighted by atomic mass is 14.9. The molecule has 0 amide bonds. The first kappa shape index (κ1) is 11.6. The number of rotatable bonds is 7. The van der Waals surface area contributed by atoms with E-state index in [-0.39, 0.29) is 6.04 Å². The topological polar surface area (TPSA) is 38.0 Å². The second-order valence-electron chi connectivity index (χ2n) is 4.81. The van der Waals surface area contributed by atoms with Crippen LogP contribution in [-0.2, 0) is 0 Å². The zero-order chi connectivity index (χ0) is 11.2. The summed E-state index contributed by atoms with van der Waals surface area (Å²) in [6.45, 7) is 1.99. The zero-order valence-electron chi connectivity index (χ0n) is 9.86. The Balaban J connectivity index is 1.58. The molecule has 0 heterocycles. The van der Waals surface area contributed by atoms with Crippen molar-refractivity contribution in [3.8, 4) is 0 Å². The third-order valence-corrected chi connectivity index (χ3v) is 3.25. The van der Waals surface area contributed by atoms with E-state index in [9.17, 15) is 0 Å². The summed E-state index contributed by atoms with van der Waals surface area (Å²) < 4.78 is 0. The third-order valence-electron chi connectivity index (χ3n) is 3.25. The van der Waals surface area contributed by atoms with Crippen LogP contribution in [0.1, 0.15) is 37.3 Å². The second kappa shape index (κ2) is 6.02. The van der Waals surface area contributed by atoms with Gasteiger partial charge >= 0.3 is 0 Å². The van der Waals surface area contributed by atoms with Crippen molar-refractivity contribution in [3.63, 3.8) is 0 Å². The van der Waals surface area contributed by atoms with Crippen LogP contribution in [0.3, 0.4) is 0 Å². The average Bonchev–Trinajstić information content (AvgIpc) is 3.13. The molecule has 1 aromatic rings. The van der Waals surface area contributed by atoms with Crippen LogP contribution in [-0.4, -0.2) is 13.1 Å². The number of hydrogen-bond donors (Lipinski definition) is 2. The van der Waals surface area contributed by atoms with Gasteiger partial charge in [-0.3, -0.25) is 0 Å². The minimum absolute atomic E-state index is 0.127. The molecule has 1 atom stereocenters. The summed E-state index contributed by atoms with van der Waals surface area (Å²) in [6, 6.07) is 10.4. The summed E-state index contributed by atoms with van der Waals surface area (Å²) in [5.41, 5.74) is 7.31. The van der Waals surface area contributed by atoms with Gasteiger partial charge in [0.2, 0.25) is 0 Å². The van der Waals surface area contributed by atoms with Gasteiger partial charge in [0.15, 0.2) is 0 Å². The lowest BCUT2D eigenvalue weighted by Gasteiger charge is -2.12. The second-order valence-corrected chi connectivity index (χ2v) is 4.81. The van der Waals surface area contributed by atoms with Gasteiger partial charge in [-0.05, 0) is 30.9 Å². The third kappa shape index (κ3) is 3.95. The number of nitrogens with two attached hydrogens (primary N) is 1. The summed E-state index contributed by atoms with van der Waals surface area (Å²) >= 11 is 0. The number of nitrogens with one attached hydrogen (secondary N) is 1. The first-order valence-electron chi connectivity index (χ1n) is 6.37. The molecule has 0 aliphatic heterocycles. The minimum atomic E-state index is 0.127. The van der Waals surface area contributed by atoms with Gasteiger partial charge in [0, 0.05) is 12.6 Å². The molecule has 1 aliphatic carbocycles. The van der Waals surface area contributed by atoms with Gasteiger partial charge in [-0.25, -0.2) is 0 Å². The van der Waals surface area contributed by atoms with Crippen molar-refractivity contribution in [1.29, 1.82) is 0 Å². The number of benzene rings is 1. The van der Waals surface area contributed by atoms with Crippen molar-refractivity contribution in [1.82, 2.24) is 5.32 Å². The van der Waals surface area contributed by atoms with Crippen LogP contribution in [0.2, 0.25) is 0 Å². The van der Waals surface area contributed by atoms with Crippen molar-refractivity contribution in [2.24, 2.45) is 11.7 Å². The van der Waals surface area contributed by atoms with Crippen LogP contribution >= 0.6 is 0 Å². The van der Waals surface area contributed by atoms with E-state index in [0.29, 0.717) is 0 Å². The molecule has 1 aliphatic rings. The summed E-state index contributed by atoms with van der Waals surface area (Å²) in [6.07, 6.45) is 5.62. The molecule has 16 heavy (non-hydrogen) atoms. The largest absolute Gasteiger partial charge is 0.323 e. The monoisotopic (exact) mass is 218 g/mol. The summed E-state index contributed by atoms with van der Waals surface area (Å²) in [4.78, 5) is 0. The Bertz CT molecular complexity index is 293. The highest BCUT2D eigenvalue weighted by Gasteiger charge is 2.19. The Kier molecular flexibility index (Phi) is 4.37. The molecule has 0 saturated heterocycles. The lowest BCUT2D eigenvalue weighted by Crippen LogP contribution is -2.27. The maximum absolute atomic E-state index is 6.09. The molecule has 1 fully saturated rings. The van der Waals surface area contributed by atoms with Gasteiger partial charge in [-0.1, -0.05) is 43.2 Å². The van der Waals surface area contributed by atoms with E-state index in [4.69, 9.17) is 5.73 Å². The van der Waals surface area contributed by atoms with Crippen LogP contribution in [0.5, 0.6) is 0 Å². The van der Waals surface area contributed by atoms with Crippen LogP contribution in [0.4, 0.5) is 0 Å². The molecule has 88 valence electrons. The van der Waals surface area contributed by atoms with Crippen LogP contribution < -0.4 is 11.1 Å². The van der Waals surface area contributed by atoms with Gasteiger partial charge in [0.05, 0.1) is 0 Å². The minimum Gasteiger partial charge on any atom is -0.323 e. The van der Waals surface area contributed by atoms with Crippen molar-refractivity contribution < 1.29 is 0 Å². The molecule has 2 nitrogen and oxygen atoms in total. The van der Waals surface area contributed by atoms with Crippen molar-refractivity contribution >= 4 is 0 Å². The van der Waals surface area contributed by atoms with Gasteiger partial charge < -0.3 is 11.1 Å². The zero-order valence-corrected chi connectivity index (χ0v) is 9.86. The highest BCUT2D eigenvalue weighted by molar-refractivity contribution is 5.18. The summed E-state index contributed by atoms with van der Waals surface area (Å²) in [7, 11) is 0. The summed E-state index contributed by atoms with van der Waals surface area (Å²) in [5, 5.41) is 3.44. The van der Waals surface area contributed by atoms with Crippen LogP contribution in [0.15, 0.2) is 30.3 Å². The quantitative estimate of drug-likeness (QED) is 0.690. The van der Waals surface area contributed by atoms with E-state index >= 15 is 0 Å². The molecular formula is C14H22N2.